The third-order valence-electron chi connectivity index (χ3n) is 2.91. The van der Waals surface area contributed by atoms with E-state index in [2.05, 4.69) is 0 Å². The number of ether oxygens (including phenoxy) is 3. The smallest absolute Gasteiger partial charge is 0.303 e. The van der Waals surface area contributed by atoms with Crippen molar-refractivity contribution < 1.29 is 34.0 Å². The van der Waals surface area contributed by atoms with Crippen LogP contribution in [0.2, 0.25) is 0 Å². The van der Waals surface area contributed by atoms with E-state index in [1.165, 1.54) is 13.8 Å². The molecule has 96 valence electrons. The van der Waals surface area contributed by atoms with E-state index in [1.54, 1.807) is 0 Å². The Hall–Kier alpha value is -1.18. The van der Waals surface area contributed by atoms with Crippen LogP contribution in [0.4, 0.5) is 0 Å². The average molecular weight is 246 g/mol. The highest BCUT2D eigenvalue weighted by Gasteiger charge is 2.62. The van der Waals surface area contributed by atoms with Gasteiger partial charge in [0.25, 0.3) is 0 Å². The minimum atomic E-state index is -1.11. The fourth-order valence-electron chi connectivity index (χ4n) is 2.31. The van der Waals surface area contributed by atoms with Crippen molar-refractivity contribution in [2.45, 2.75) is 50.5 Å². The van der Waals surface area contributed by atoms with Gasteiger partial charge in [-0.15, -0.1) is 0 Å². The van der Waals surface area contributed by atoms with Crippen molar-refractivity contribution >= 4 is 11.9 Å². The Balaban J connectivity index is 2.12. The first kappa shape index (κ1) is 12.3. The van der Waals surface area contributed by atoms with Crippen LogP contribution < -0.4 is 0 Å². The van der Waals surface area contributed by atoms with Crippen LogP contribution in [0.15, 0.2) is 0 Å². The number of hydrogen-bond donors (Lipinski definition) is 2. The van der Waals surface area contributed by atoms with Gasteiger partial charge < -0.3 is 24.4 Å². The maximum absolute atomic E-state index is 10.9. The molecule has 0 aliphatic carbocycles. The molecule has 7 nitrogen and oxygen atoms in total. The topological polar surface area (TPSA) is 102 Å². The number of hydrogen-bond acceptors (Lipinski definition) is 7. The van der Waals surface area contributed by atoms with Gasteiger partial charge in [-0.1, -0.05) is 0 Å². The molecule has 6 atom stereocenters. The van der Waals surface area contributed by atoms with Crippen molar-refractivity contribution in [3.8, 4) is 0 Å². The Bertz CT molecular complexity index is 312. The monoisotopic (exact) mass is 246 g/mol. The summed E-state index contributed by atoms with van der Waals surface area (Å²) in [6.07, 6.45) is -5.75. The van der Waals surface area contributed by atoms with E-state index in [-0.39, 0.29) is 0 Å². The molecular weight excluding hydrogens is 232 g/mol. The first-order valence-electron chi connectivity index (χ1n) is 5.28. The lowest BCUT2D eigenvalue weighted by atomic mass is 9.89. The lowest BCUT2D eigenvalue weighted by Crippen LogP contribution is -2.55. The molecule has 5 unspecified atom stereocenters. The molecule has 2 heterocycles. The second-order valence-corrected chi connectivity index (χ2v) is 4.19. The molecule has 0 radical (unpaired) electrons. The molecule has 7 heteroatoms. The standard InChI is InChI=1S/C10H14O7/c1-3(11)15-8-5(13)7-6(14)9(10(8)17-7)16-4(2)12/h5-10,13-14H,1-2H3/t5-,6?,7?,8?,9?,10?/m1/s1. The number of esters is 2. The first-order valence-corrected chi connectivity index (χ1v) is 5.28. The maximum atomic E-state index is 10.9. The van der Waals surface area contributed by atoms with E-state index >= 15 is 0 Å². The molecule has 0 aromatic rings. The predicted molar refractivity (Wildman–Crippen MR) is 51.8 cm³/mol. The van der Waals surface area contributed by atoms with Gasteiger partial charge in [-0.05, 0) is 0 Å². The second kappa shape index (κ2) is 4.25. The quantitative estimate of drug-likeness (QED) is 0.563. The van der Waals surface area contributed by atoms with Gasteiger partial charge in [0.2, 0.25) is 0 Å². The van der Waals surface area contributed by atoms with Crippen LogP contribution in [0.5, 0.6) is 0 Å². The molecule has 2 aliphatic heterocycles. The summed E-state index contributed by atoms with van der Waals surface area (Å²) in [5.74, 6) is -1.14. The van der Waals surface area contributed by atoms with Crippen molar-refractivity contribution in [3.05, 3.63) is 0 Å². The van der Waals surface area contributed by atoms with Crippen molar-refractivity contribution in [3.63, 3.8) is 0 Å². The largest absolute Gasteiger partial charge is 0.457 e. The van der Waals surface area contributed by atoms with Crippen LogP contribution >= 0.6 is 0 Å². The Kier molecular flexibility index (Phi) is 3.07. The lowest BCUT2D eigenvalue weighted by Gasteiger charge is -2.31. The third-order valence-corrected chi connectivity index (χ3v) is 2.91. The van der Waals surface area contributed by atoms with E-state index in [4.69, 9.17) is 14.2 Å². The van der Waals surface area contributed by atoms with Crippen LogP contribution in [-0.4, -0.2) is 58.8 Å². The summed E-state index contributed by atoms with van der Waals surface area (Å²) in [5, 5.41) is 19.5. The molecule has 0 saturated carbocycles. The van der Waals surface area contributed by atoms with Gasteiger partial charge in [-0.2, -0.15) is 0 Å². The summed E-state index contributed by atoms with van der Waals surface area (Å²) in [6, 6.07) is 0. The summed E-state index contributed by atoms with van der Waals surface area (Å²) in [6.45, 7) is 2.41. The molecule has 0 amide bonds. The zero-order valence-electron chi connectivity index (χ0n) is 9.40. The molecule has 2 rings (SSSR count). The van der Waals surface area contributed by atoms with Gasteiger partial charge in [0.05, 0.1) is 0 Å². The highest BCUT2D eigenvalue weighted by molar-refractivity contribution is 5.67. The van der Waals surface area contributed by atoms with E-state index in [9.17, 15) is 19.8 Å². The molecule has 2 fully saturated rings. The number of aliphatic hydroxyl groups is 2. The highest BCUT2D eigenvalue weighted by Crippen LogP contribution is 2.38. The SMILES string of the molecule is CC(=O)OC1C(O)C2OC1C(OC(C)=O)[C@@H]2O. The van der Waals surface area contributed by atoms with Gasteiger partial charge in [-0.25, -0.2) is 0 Å². The van der Waals surface area contributed by atoms with Crippen LogP contribution in [0, 0.1) is 0 Å². The van der Waals surface area contributed by atoms with Crippen molar-refractivity contribution in [1.29, 1.82) is 0 Å². The van der Waals surface area contributed by atoms with E-state index < -0.39 is 48.6 Å². The Morgan fingerprint density at radius 1 is 0.941 bits per heavy atom. The van der Waals surface area contributed by atoms with Gasteiger partial charge in [0.15, 0.2) is 12.2 Å². The molecule has 17 heavy (non-hydrogen) atoms. The van der Waals surface area contributed by atoms with E-state index in [0.717, 1.165) is 0 Å². The number of aliphatic hydroxyl groups excluding tert-OH is 2. The highest BCUT2D eigenvalue weighted by atomic mass is 16.6. The van der Waals surface area contributed by atoms with Crippen molar-refractivity contribution in [1.82, 2.24) is 0 Å². The van der Waals surface area contributed by atoms with Gasteiger partial charge in [-0.3, -0.25) is 9.59 Å². The molecule has 0 aromatic heterocycles. The normalized spacial score (nSPS) is 43.5. The molecule has 2 N–H and O–H groups in total. The van der Waals surface area contributed by atoms with Crippen molar-refractivity contribution in [2.24, 2.45) is 0 Å². The number of carbonyl (C=O) groups excluding carboxylic acids is 2. The number of carbonyl (C=O) groups is 2. The molecule has 0 aromatic carbocycles. The van der Waals surface area contributed by atoms with E-state index in [0.29, 0.717) is 0 Å². The second-order valence-electron chi connectivity index (χ2n) is 4.19. The molecule has 0 spiro atoms. The summed E-state index contributed by atoms with van der Waals surface area (Å²) in [7, 11) is 0. The lowest BCUT2D eigenvalue weighted by molar-refractivity contribution is -0.171. The fraction of sp³-hybridized carbons (Fsp3) is 0.800. The summed E-state index contributed by atoms with van der Waals surface area (Å²) in [5.41, 5.74) is 0. The molecule has 2 bridgehead atoms. The number of fused-ring (bicyclic) bond motifs is 2. The summed E-state index contributed by atoms with van der Waals surface area (Å²) in [4.78, 5) is 21.7. The zero-order chi connectivity index (χ0) is 12.7. The number of rotatable bonds is 2. The third kappa shape index (κ3) is 2.01. The summed E-state index contributed by atoms with van der Waals surface area (Å²) >= 11 is 0. The molecular formula is C10H14O7. The first-order chi connectivity index (χ1) is 7.91. The van der Waals surface area contributed by atoms with Crippen LogP contribution in [-0.2, 0) is 23.8 Å². The average Bonchev–Trinajstić information content (AvgIpc) is 2.66. The Morgan fingerprint density at radius 2 is 1.35 bits per heavy atom. The van der Waals surface area contributed by atoms with Crippen molar-refractivity contribution in [2.75, 3.05) is 0 Å². The Morgan fingerprint density at radius 3 is 1.65 bits per heavy atom. The summed E-state index contributed by atoms with van der Waals surface area (Å²) < 4.78 is 15.1. The Labute approximate surface area is 97.3 Å². The molecule has 2 aliphatic rings. The van der Waals surface area contributed by atoms with E-state index in [1.807, 2.05) is 0 Å². The zero-order valence-corrected chi connectivity index (χ0v) is 9.40. The van der Waals surface area contributed by atoms with Crippen LogP contribution in [0.1, 0.15) is 13.8 Å². The predicted octanol–water partition coefficient (Wildman–Crippen LogP) is -1.65. The van der Waals surface area contributed by atoms with Crippen LogP contribution in [0.3, 0.4) is 0 Å². The maximum Gasteiger partial charge on any atom is 0.303 e. The fourth-order valence-corrected chi connectivity index (χ4v) is 2.31. The minimum Gasteiger partial charge on any atom is -0.457 e. The van der Waals surface area contributed by atoms with Crippen LogP contribution in [0.25, 0.3) is 0 Å². The molecule has 2 saturated heterocycles. The van der Waals surface area contributed by atoms with Gasteiger partial charge in [0.1, 0.15) is 24.4 Å². The minimum absolute atomic E-state index is 0.568. The van der Waals surface area contributed by atoms with Gasteiger partial charge >= 0.3 is 11.9 Å². The van der Waals surface area contributed by atoms with Gasteiger partial charge in [0, 0.05) is 13.8 Å².